The first-order valence-electron chi connectivity index (χ1n) is 5.25. The average Bonchev–Trinajstić information content (AvgIpc) is 2.75. The topological polar surface area (TPSA) is 52.0 Å². The predicted molar refractivity (Wildman–Crippen MR) is 71.5 cm³/mol. The Kier molecular flexibility index (Phi) is 2.56. The Morgan fingerprint density at radius 1 is 1.17 bits per heavy atom. The van der Waals surface area contributed by atoms with Crippen LogP contribution in [0.4, 0.5) is 10.1 Å². The summed E-state index contributed by atoms with van der Waals surface area (Å²) in [5, 5.41) is 0. The van der Waals surface area contributed by atoms with E-state index >= 15 is 0 Å². The van der Waals surface area contributed by atoms with Gasteiger partial charge in [-0.25, -0.2) is 9.37 Å². The lowest BCUT2D eigenvalue weighted by molar-refractivity contribution is 0.613. The lowest BCUT2D eigenvalue weighted by atomic mass is 10.2. The van der Waals surface area contributed by atoms with Gasteiger partial charge in [-0.05, 0) is 46.3 Å². The van der Waals surface area contributed by atoms with Gasteiger partial charge in [-0.3, -0.25) is 0 Å². The van der Waals surface area contributed by atoms with Crippen molar-refractivity contribution in [2.45, 2.75) is 0 Å². The molecule has 0 radical (unpaired) electrons. The molecule has 2 aromatic carbocycles. The van der Waals surface area contributed by atoms with Gasteiger partial charge in [0.25, 0.3) is 0 Å². The number of benzene rings is 2. The molecule has 0 aliphatic rings. The largest absolute Gasteiger partial charge is 0.436 e. The third-order valence-corrected chi connectivity index (χ3v) is 3.19. The van der Waals surface area contributed by atoms with Gasteiger partial charge in [0.05, 0.1) is 4.47 Å². The molecule has 3 aromatic rings. The van der Waals surface area contributed by atoms with E-state index in [2.05, 4.69) is 20.9 Å². The summed E-state index contributed by atoms with van der Waals surface area (Å²) < 4.78 is 19.1. The minimum absolute atomic E-state index is 0.320. The van der Waals surface area contributed by atoms with Crippen LogP contribution < -0.4 is 5.73 Å². The summed E-state index contributed by atoms with van der Waals surface area (Å²) in [7, 11) is 0. The second-order valence-electron chi connectivity index (χ2n) is 3.88. The number of anilines is 1. The van der Waals surface area contributed by atoms with E-state index in [9.17, 15) is 4.39 Å². The molecular weight excluding hydrogens is 299 g/mol. The normalized spacial score (nSPS) is 11.0. The summed E-state index contributed by atoms with van der Waals surface area (Å²) in [5.41, 5.74) is 8.33. The van der Waals surface area contributed by atoms with Crippen molar-refractivity contribution in [1.82, 2.24) is 4.98 Å². The molecule has 1 heterocycles. The van der Waals surface area contributed by atoms with Crippen LogP contribution in [0.15, 0.2) is 45.3 Å². The maximum absolute atomic E-state index is 13.2. The minimum Gasteiger partial charge on any atom is -0.436 e. The number of nitrogen functional groups attached to an aromatic ring is 1. The van der Waals surface area contributed by atoms with Crippen LogP contribution in [0.5, 0.6) is 0 Å². The fourth-order valence-electron chi connectivity index (χ4n) is 1.69. The summed E-state index contributed by atoms with van der Waals surface area (Å²) in [6, 6.07) is 9.87. The lowest BCUT2D eigenvalue weighted by Gasteiger charge is -1.97. The fraction of sp³-hybridized carbons (Fsp3) is 0. The van der Waals surface area contributed by atoms with Crippen LogP contribution in [0.1, 0.15) is 0 Å². The number of aromatic nitrogens is 1. The Bertz CT molecular complexity index is 739. The molecule has 0 spiro atoms. The van der Waals surface area contributed by atoms with Gasteiger partial charge in [0.2, 0.25) is 5.89 Å². The predicted octanol–water partition coefficient (Wildman–Crippen LogP) is 3.98. The van der Waals surface area contributed by atoms with Crippen LogP contribution in [0.3, 0.4) is 0 Å². The fourth-order valence-corrected chi connectivity index (χ4v) is 2.07. The molecular formula is C13H8BrFN2O. The van der Waals surface area contributed by atoms with E-state index in [4.69, 9.17) is 10.2 Å². The smallest absolute Gasteiger partial charge is 0.227 e. The van der Waals surface area contributed by atoms with Crippen LogP contribution in [0.2, 0.25) is 0 Å². The Labute approximate surface area is 111 Å². The van der Waals surface area contributed by atoms with Crippen molar-refractivity contribution in [3.63, 3.8) is 0 Å². The van der Waals surface area contributed by atoms with Gasteiger partial charge in [-0.15, -0.1) is 0 Å². The van der Waals surface area contributed by atoms with Crippen LogP contribution in [0, 0.1) is 5.82 Å². The second kappa shape index (κ2) is 4.10. The van der Waals surface area contributed by atoms with Crippen molar-refractivity contribution in [3.8, 4) is 11.5 Å². The number of nitrogens with two attached hydrogens (primary N) is 1. The highest BCUT2D eigenvalue weighted by atomic mass is 79.9. The zero-order valence-electron chi connectivity index (χ0n) is 9.15. The second-order valence-corrected chi connectivity index (χ2v) is 4.73. The zero-order chi connectivity index (χ0) is 12.7. The molecule has 90 valence electrons. The highest BCUT2D eigenvalue weighted by molar-refractivity contribution is 9.10. The molecule has 3 nitrogen and oxygen atoms in total. The van der Waals surface area contributed by atoms with E-state index in [1.54, 1.807) is 30.3 Å². The molecule has 1 aromatic heterocycles. The summed E-state index contributed by atoms with van der Waals surface area (Å²) in [6.07, 6.45) is 0. The van der Waals surface area contributed by atoms with Gasteiger partial charge >= 0.3 is 0 Å². The van der Waals surface area contributed by atoms with Crippen molar-refractivity contribution in [2.24, 2.45) is 0 Å². The molecule has 0 unspecified atom stereocenters. The molecule has 0 aliphatic heterocycles. The first-order chi connectivity index (χ1) is 8.63. The molecule has 0 bridgehead atoms. The molecule has 5 heteroatoms. The van der Waals surface area contributed by atoms with Crippen molar-refractivity contribution in [2.75, 3.05) is 5.73 Å². The van der Waals surface area contributed by atoms with Crippen molar-refractivity contribution in [1.29, 1.82) is 0 Å². The maximum atomic E-state index is 13.2. The standard InChI is InChI=1S/C13H8BrFN2O/c14-9-5-7(1-3-10(9)15)13-17-11-4-2-8(16)6-12(11)18-13/h1-6H,16H2. The SMILES string of the molecule is Nc1ccc2nc(-c3ccc(F)c(Br)c3)oc2c1. The number of halogens is 2. The Morgan fingerprint density at radius 2 is 2.00 bits per heavy atom. The van der Waals surface area contributed by atoms with E-state index in [0.717, 1.165) is 5.52 Å². The number of oxazole rings is 1. The molecule has 2 N–H and O–H groups in total. The highest BCUT2D eigenvalue weighted by Crippen LogP contribution is 2.28. The van der Waals surface area contributed by atoms with Gasteiger partial charge in [0.1, 0.15) is 11.3 Å². The molecule has 3 rings (SSSR count). The van der Waals surface area contributed by atoms with Gasteiger partial charge in [0, 0.05) is 17.3 Å². The third-order valence-electron chi connectivity index (χ3n) is 2.58. The summed E-state index contributed by atoms with van der Waals surface area (Å²) >= 11 is 3.13. The van der Waals surface area contributed by atoms with Crippen LogP contribution >= 0.6 is 15.9 Å². The molecule has 0 amide bonds. The summed E-state index contributed by atoms with van der Waals surface area (Å²) in [4.78, 5) is 4.33. The first kappa shape index (κ1) is 11.2. The number of fused-ring (bicyclic) bond motifs is 1. The molecule has 18 heavy (non-hydrogen) atoms. The van der Waals surface area contributed by atoms with Crippen LogP contribution in [-0.4, -0.2) is 4.98 Å². The van der Waals surface area contributed by atoms with Gasteiger partial charge in [-0.1, -0.05) is 0 Å². The van der Waals surface area contributed by atoms with Gasteiger partial charge in [-0.2, -0.15) is 0 Å². The lowest BCUT2D eigenvalue weighted by Crippen LogP contribution is -1.81. The Balaban J connectivity index is 2.16. The number of hydrogen-bond acceptors (Lipinski definition) is 3. The molecule has 0 saturated carbocycles. The number of nitrogens with zero attached hydrogens (tertiary/aromatic N) is 1. The van der Waals surface area contributed by atoms with Crippen molar-refractivity contribution in [3.05, 3.63) is 46.7 Å². The summed E-state index contributed by atoms with van der Waals surface area (Å²) in [6.45, 7) is 0. The monoisotopic (exact) mass is 306 g/mol. The minimum atomic E-state index is -0.320. The van der Waals surface area contributed by atoms with E-state index in [-0.39, 0.29) is 5.82 Å². The van der Waals surface area contributed by atoms with E-state index < -0.39 is 0 Å². The van der Waals surface area contributed by atoms with Gasteiger partial charge < -0.3 is 10.2 Å². The van der Waals surface area contributed by atoms with Gasteiger partial charge in [0.15, 0.2) is 5.58 Å². The molecule has 0 saturated heterocycles. The van der Waals surface area contributed by atoms with Crippen LogP contribution in [-0.2, 0) is 0 Å². The van der Waals surface area contributed by atoms with Crippen LogP contribution in [0.25, 0.3) is 22.6 Å². The summed E-state index contributed by atoms with van der Waals surface area (Å²) in [5.74, 6) is 0.121. The Morgan fingerprint density at radius 3 is 2.78 bits per heavy atom. The molecule has 0 fully saturated rings. The average molecular weight is 307 g/mol. The molecule has 0 atom stereocenters. The number of rotatable bonds is 1. The third kappa shape index (κ3) is 1.86. The van der Waals surface area contributed by atoms with Crippen molar-refractivity contribution >= 4 is 32.7 Å². The quantitative estimate of drug-likeness (QED) is 0.692. The maximum Gasteiger partial charge on any atom is 0.227 e. The number of hydrogen-bond donors (Lipinski definition) is 1. The van der Waals surface area contributed by atoms with Crippen molar-refractivity contribution < 1.29 is 8.81 Å². The first-order valence-corrected chi connectivity index (χ1v) is 6.04. The zero-order valence-corrected chi connectivity index (χ0v) is 10.7. The highest BCUT2D eigenvalue weighted by Gasteiger charge is 2.10. The molecule has 0 aliphatic carbocycles. The van der Waals surface area contributed by atoms with E-state index in [1.807, 2.05) is 0 Å². The van der Waals surface area contributed by atoms with E-state index in [1.165, 1.54) is 6.07 Å². The Hall–Kier alpha value is -1.88. The van der Waals surface area contributed by atoms with E-state index in [0.29, 0.717) is 27.2 Å².